The van der Waals surface area contributed by atoms with Crippen molar-refractivity contribution in [1.82, 2.24) is 4.98 Å². The number of piperidine rings is 1. The molecule has 2 atom stereocenters. The van der Waals surface area contributed by atoms with E-state index in [2.05, 4.69) is 9.88 Å². The lowest BCUT2D eigenvalue weighted by atomic mass is 9.88. The van der Waals surface area contributed by atoms with Crippen molar-refractivity contribution < 1.29 is 14.3 Å². The summed E-state index contributed by atoms with van der Waals surface area (Å²) in [4.78, 5) is 17.8. The fraction of sp³-hybridized carbons (Fsp3) is 0.500. The Balaban J connectivity index is 1.60. The molecule has 21 heavy (non-hydrogen) atoms. The van der Waals surface area contributed by atoms with E-state index in [4.69, 9.17) is 9.52 Å². The van der Waals surface area contributed by atoms with Crippen LogP contribution in [0.15, 0.2) is 28.7 Å². The summed E-state index contributed by atoms with van der Waals surface area (Å²) in [6, 6.07) is 9.26. The van der Waals surface area contributed by atoms with Gasteiger partial charge in [-0.25, -0.2) is 0 Å². The van der Waals surface area contributed by atoms with Crippen molar-refractivity contribution in [3.05, 3.63) is 24.3 Å². The number of hydrogen-bond acceptors (Lipinski definition) is 4. The minimum atomic E-state index is -0.685. The van der Waals surface area contributed by atoms with Crippen LogP contribution in [0.3, 0.4) is 0 Å². The summed E-state index contributed by atoms with van der Waals surface area (Å²) in [5.74, 6) is -0.393. The molecule has 4 rings (SSSR count). The predicted molar refractivity (Wildman–Crippen MR) is 78.3 cm³/mol. The Hall–Kier alpha value is -2.04. The molecule has 110 valence electrons. The highest BCUT2D eigenvalue weighted by atomic mass is 16.4. The van der Waals surface area contributed by atoms with Crippen LogP contribution in [0.2, 0.25) is 0 Å². The number of benzene rings is 1. The molecule has 2 saturated heterocycles. The molecular formula is C16H18N2O3. The van der Waals surface area contributed by atoms with Crippen LogP contribution in [-0.4, -0.2) is 28.1 Å². The molecule has 2 aromatic rings. The van der Waals surface area contributed by atoms with E-state index in [0.29, 0.717) is 24.0 Å². The maximum atomic E-state index is 10.9. The molecule has 5 heteroatoms. The van der Waals surface area contributed by atoms with Crippen molar-refractivity contribution in [1.29, 1.82) is 0 Å². The highest BCUT2D eigenvalue weighted by Gasteiger charge is 2.43. The van der Waals surface area contributed by atoms with Gasteiger partial charge in [0.05, 0.1) is 0 Å². The molecule has 0 spiro atoms. The first-order chi connectivity index (χ1) is 10.2. The number of para-hydroxylation sites is 2. The fourth-order valence-electron chi connectivity index (χ4n) is 3.99. The lowest BCUT2D eigenvalue weighted by Gasteiger charge is -2.37. The minimum absolute atomic E-state index is 0.286. The number of carboxylic acid groups (broad SMARTS) is 1. The Morgan fingerprint density at radius 3 is 2.67 bits per heavy atom. The number of nitrogens with zero attached hydrogens (tertiary/aromatic N) is 2. The highest BCUT2D eigenvalue weighted by molar-refractivity contribution is 5.74. The molecule has 0 saturated carbocycles. The Kier molecular flexibility index (Phi) is 2.87. The number of aromatic nitrogens is 1. The van der Waals surface area contributed by atoms with E-state index in [1.54, 1.807) is 0 Å². The van der Waals surface area contributed by atoms with Crippen LogP contribution in [0.5, 0.6) is 0 Å². The van der Waals surface area contributed by atoms with Crippen LogP contribution in [0.25, 0.3) is 11.1 Å². The standard InChI is InChI=1S/C16H18N2O3/c19-15(20)9-10-7-11-5-6-12(8-10)18(11)16-17-13-3-1-2-4-14(13)21-16/h1-4,10-12H,5-9H2,(H,19,20). The summed E-state index contributed by atoms with van der Waals surface area (Å²) in [6.07, 6.45) is 4.37. The molecule has 2 aliphatic rings. The number of anilines is 1. The maximum Gasteiger partial charge on any atom is 0.303 e. The maximum absolute atomic E-state index is 10.9. The van der Waals surface area contributed by atoms with Gasteiger partial charge in [-0.3, -0.25) is 4.79 Å². The SMILES string of the molecule is O=C(O)CC1CC2CCC(C1)N2c1nc2ccccc2o1. The Morgan fingerprint density at radius 2 is 2.00 bits per heavy atom. The summed E-state index contributed by atoms with van der Waals surface area (Å²) in [5, 5.41) is 8.99. The first-order valence-corrected chi connectivity index (χ1v) is 7.56. The molecule has 5 nitrogen and oxygen atoms in total. The number of fused-ring (bicyclic) bond motifs is 3. The van der Waals surface area contributed by atoms with Crippen molar-refractivity contribution in [3.63, 3.8) is 0 Å². The molecule has 2 bridgehead atoms. The third-order valence-electron chi connectivity index (χ3n) is 4.80. The average Bonchev–Trinajstić information content (AvgIpc) is 2.97. The van der Waals surface area contributed by atoms with Gasteiger partial charge in [0.1, 0.15) is 5.52 Å². The van der Waals surface area contributed by atoms with Gasteiger partial charge in [0.2, 0.25) is 0 Å². The van der Waals surface area contributed by atoms with Gasteiger partial charge >= 0.3 is 5.97 Å². The topological polar surface area (TPSA) is 66.6 Å². The van der Waals surface area contributed by atoms with Gasteiger partial charge in [0.25, 0.3) is 6.01 Å². The second-order valence-corrected chi connectivity index (χ2v) is 6.19. The van der Waals surface area contributed by atoms with Crippen molar-refractivity contribution in [3.8, 4) is 0 Å². The summed E-state index contributed by atoms with van der Waals surface area (Å²) in [6.45, 7) is 0. The van der Waals surface area contributed by atoms with Crippen molar-refractivity contribution in [2.75, 3.05) is 4.90 Å². The van der Waals surface area contributed by atoms with Gasteiger partial charge in [0.15, 0.2) is 5.58 Å². The molecule has 2 unspecified atom stereocenters. The Morgan fingerprint density at radius 1 is 1.29 bits per heavy atom. The Bertz CT molecular complexity index is 634. The molecule has 1 N–H and O–H groups in total. The van der Waals surface area contributed by atoms with Crippen molar-refractivity contribution in [2.45, 2.75) is 44.2 Å². The van der Waals surface area contributed by atoms with E-state index in [9.17, 15) is 4.79 Å². The zero-order chi connectivity index (χ0) is 14.4. The molecule has 1 aromatic carbocycles. The molecule has 3 heterocycles. The fourth-order valence-corrected chi connectivity index (χ4v) is 3.99. The second kappa shape index (κ2) is 4.76. The van der Waals surface area contributed by atoms with E-state index >= 15 is 0 Å². The van der Waals surface area contributed by atoms with Crippen LogP contribution in [0.1, 0.15) is 32.1 Å². The molecular weight excluding hydrogens is 268 g/mol. The van der Waals surface area contributed by atoms with Gasteiger partial charge in [0, 0.05) is 18.5 Å². The zero-order valence-corrected chi connectivity index (χ0v) is 11.7. The third kappa shape index (κ3) is 2.17. The minimum Gasteiger partial charge on any atom is -0.481 e. The number of carboxylic acids is 1. The summed E-state index contributed by atoms with van der Waals surface area (Å²) < 4.78 is 5.90. The summed E-state index contributed by atoms with van der Waals surface area (Å²) in [5.41, 5.74) is 1.71. The van der Waals surface area contributed by atoms with E-state index in [1.807, 2.05) is 24.3 Å². The van der Waals surface area contributed by atoms with Crippen LogP contribution in [0.4, 0.5) is 6.01 Å². The van der Waals surface area contributed by atoms with E-state index < -0.39 is 5.97 Å². The van der Waals surface area contributed by atoms with Gasteiger partial charge in [-0.2, -0.15) is 4.98 Å². The predicted octanol–water partition coefficient (Wildman–Crippen LogP) is 3.05. The number of rotatable bonds is 3. The molecule has 1 aromatic heterocycles. The monoisotopic (exact) mass is 286 g/mol. The van der Waals surface area contributed by atoms with Gasteiger partial charge < -0.3 is 14.4 Å². The van der Waals surface area contributed by atoms with E-state index in [-0.39, 0.29) is 6.42 Å². The zero-order valence-electron chi connectivity index (χ0n) is 11.7. The number of oxazole rings is 1. The smallest absolute Gasteiger partial charge is 0.303 e. The van der Waals surface area contributed by atoms with Crippen LogP contribution in [0, 0.1) is 5.92 Å². The lowest BCUT2D eigenvalue weighted by molar-refractivity contribution is -0.138. The van der Waals surface area contributed by atoms with Crippen molar-refractivity contribution >= 4 is 23.1 Å². The summed E-state index contributed by atoms with van der Waals surface area (Å²) >= 11 is 0. The lowest BCUT2D eigenvalue weighted by Crippen LogP contribution is -2.43. The van der Waals surface area contributed by atoms with Crippen LogP contribution < -0.4 is 4.90 Å². The quantitative estimate of drug-likeness (QED) is 0.939. The normalized spacial score (nSPS) is 28.2. The Labute approximate surface area is 122 Å². The molecule has 2 fully saturated rings. The molecule has 0 aliphatic carbocycles. The van der Waals surface area contributed by atoms with Gasteiger partial charge in [-0.15, -0.1) is 0 Å². The highest BCUT2D eigenvalue weighted by Crippen LogP contribution is 2.42. The van der Waals surface area contributed by atoms with Crippen LogP contribution in [-0.2, 0) is 4.79 Å². The van der Waals surface area contributed by atoms with Gasteiger partial charge in [-0.05, 0) is 43.7 Å². The largest absolute Gasteiger partial charge is 0.481 e. The van der Waals surface area contributed by atoms with E-state index in [1.165, 1.54) is 0 Å². The second-order valence-electron chi connectivity index (χ2n) is 6.19. The molecule has 0 amide bonds. The first kappa shape index (κ1) is 12.7. The number of hydrogen-bond donors (Lipinski definition) is 1. The van der Waals surface area contributed by atoms with E-state index in [0.717, 1.165) is 36.8 Å². The average molecular weight is 286 g/mol. The molecule has 2 aliphatic heterocycles. The number of aliphatic carboxylic acids is 1. The van der Waals surface area contributed by atoms with Gasteiger partial charge in [-0.1, -0.05) is 12.1 Å². The summed E-state index contributed by atoms with van der Waals surface area (Å²) in [7, 11) is 0. The first-order valence-electron chi connectivity index (χ1n) is 7.56. The van der Waals surface area contributed by atoms with Crippen molar-refractivity contribution in [2.24, 2.45) is 5.92 Å². The third-order valence-corrected chi connectivity index (χ3v) is 4.80. The number of carbonyl (C=O) groups is 1. The molecule has 0 radical (unpaired) electrons. The van der Waals surface area contributed by atoms with Crippen LogP contribution >= 0.6 is 0 Å².